The van der Waals surface area contributed by atoms with E-state index in [4.69, 9.17) is 0 Å². The number of aromatic nitrogens is 1. The zero-order valence-corrected chi connectivity index (χ0v) is 24.6. The average molecular weight is 596 g/mol. The molecule has 190 valence electrons. The largest absolute Gasteiger partial charge is 2.00 e. The fourth-order valence-corrected chi connectivity index (χ4v) is 8.77. The van der Waals surface area contributed by atoms with Crippen LogP contribution in [0.1, 0.15) is 63.0 Å². The predicted octanol–water partition coefficient (Wildman–Crippen LogP) is 8.03. The molecule has 0 aliphatic heterocycles. The third-order valence-corrected chi connectivity index (χ3v) is 10.4. The molecular weight excluding hydrogens is 557 g/mol. The van der Waals surface area contributed by atoms with E-state index < -0.39 is 14.0 Å². The molecule has 5 rings (SSSR count). The molecule has 35 heavy (non-hydrogen) atoms. The van der Waals surface area contributed by atoms with Crippen LogP contribution in [-0.2, 0) is 17.1 Å². The maximum absolute atomic E-state index is 11.3. The van der Waals surface area contributed by atoms with Crippen LogP contribution in [0.2, 0.25) is 0 Å². The molecule has 3 aromatic rings. The van der Waals surface area contributed by atoms with Gasteiger partial charge in [-0.2, -0.15) is 0 Å². The number of hydrogen-bond donors (Lipinski definition) is 1. The number of pyridine rings is 1. The van der Waals surface area contributed by atoms with E-state index in [9.17, 15) is 5.11 Å². The minimum atomic E-state index is -0.519. The molecule has 0 radical (unpaired) electrons. The second-order valence-electron chi connectivity index (χ2n) is 8.80. The van der Waals surface area contributed by atoms with Gasteiger partial charge in [-0.15, -0.1) is 0 Å². The second-order valence-corrected chi connectivity index (χ2v) is 12.0. The molecule has 2 nitrogen and oxygen atoms in total. The zero-order chi connectivity index (χ0) is 22.2. The van der Waals surface area contributed by atoms with E-state index >= 15 is 0 Å². The fourth-order valence-electron chi connectivity index (χ4n) is 5.10. The minimum absolute atomic E-state index is 0. The fraction of sp³-hybridized carbons (Fsp3) is 0.367. The van der Waals surface area contributed by atoms with Crippen LogP contribution in [0.25, 0.3) is 0 Å². The second kappa shape index (κ2) is 16.7. The van der Waals surface area contributed by atoms with Crippen molar-refractivity contribution in [2.24, 2.45) is 5.92 Å². The topological polar surface area (TPSA) is 33.1 Å². The van der Waals surface area contributed by atoms with Crippen molar-refractivity contribution < 1.29 is 22.2 Å². The van der Waals surface area contributed by atoms with Gasteiger partial charge in [0.1, 0.15) is 4.60 Å². The molecule has 1 N–H and O–H groups in total. The van der Waals surface area contributed by atoms with E-state index in [1.54, 1.807) is 6.20 Å². The summed E-state index contributed by atoms with van der Waals surface area (Å²) in [4.78, 5) is 4.32. The molecule has 2 aromatic carbocycles. The Hall–Kier alpha value is -1.02. The van der Waals surface area contributed by atoms with Gasteiger partial charge < -0.3 is 20.0 Å². The number of nitrogens with zero attached hydrogens (tertiary/aromatic N) is 1. The summed E-state index contributed by atoms with van der Waals surface area (Å²) in [5.74, 6) is 0.247. The van der Waals surface area contributed by atoms with Crippen molar-refractivity contribution in [3.05, 3.63) is 104 Å². The maximum atomic E-state index is 11.3. The van der Waals surface area contributed by atoms with Crippen LogP contribution in [-0.4, -0.2) is 15.7 Å². The first-order chi connectivity index (χ1) is 15.8. The van der Waals surface area contributed by atoms with Crippen molar-refractivity contribution in [3.8, 4) is 0 Å². The van der Waals surface area contributed by atoms with E-state index in [0.29, 0.717) is 5.66 Å². The van der Waals surface area contributed by atoms with Gasteiger partial charge in [0.25, 0.3) is 0 Å². The van der Waals surface area contributed by atoms with E-state index in [-0.39, 0.29) is 37.8 Å². The van der Waals surface area contributed by atoms with Crippen LogP contribution in [0.4, 0.5) is 0 Å². The van der Waals surface area contributed by atoms with Gasteiger partial charge in [0.05, 0.1) is 6.10 Å². The van der Waals surface area contributed by atoms with Gasteiger partial charge in [-0.25, -0.2) is 4.98 Å². The van der Waals surface area contributed by atoms with Crippen molar-refractivity contribution in [1.29, 1.82) is 0 Å². The van der Waals surface area contributed by atoms with Crippen molar-refractivity contribution in [2.45, 2.75) is 63.1 Å². The Bertz CT molecular complexity index is 908. The number of halogens is 1. The van der Waals surface area contributed by atoms with E-state index in [1.165, 1.54) is 49.1 Å². The molecule has 2 aliphatic carbocycles. The van der Waals surface area contributed by atoms with Crippen LogP contribution < -0.4 is 10.6 Å². The van der Waals surface area contributed by atoms with Gasteiger partial charge in [-0.1, -0.05) is 105 Å². The third-order valence-electron chi connectivity index (χ3n) is 6.69. The molecule has 0 bridgehead atoms. The van der Waals surface area contributed by atoms with E-state index in [0.717, 1.165) is 23.0 Å². The van der Waals surface area contributed by atoms with E-state index in [1.807, 2.05) is 12.1 Å². The van der Waals surface area contributed by atoms with Gasteiger partial charge in [0.15, 0.2) is 0 Å². The Balaban J connectivity index is 0.000000685. The molecule has 2 saturated carbocycles. The summed E-state index contributed by atoms with van der Waals surface area (Å²) < 4.78 is 0.756. The number of aliphatic hydroxyl groups is 1. The summed E-state index contributed by atoms with van der Waals surface area (Å²) in [5, 5.41) is 14.0. The van der Waals surface area contributed by atoms with Gasteiger partial charge in [0.2, 0.25) is 0 Å². The average Bonchev–Trinajstić information content (AvgIpc) is 3.57. The van der Waals surface area contributed by atoms with Gasteiger partial charge in [0, 0.05) is 11.8 Å². The summed E-state index contributed by atoms with van der Waals surface area (Å²) in [5.41, 5.74) is 1.37. The Morgan fingerprint density at radius 2 is 1.26 bits per heavy atom. The van der Waals surface area contributed by atoms with Gasteiger partial charge in [-0.3, -0.25) is 0 Å². The molecule has 5 heteroatoms. The van der Waals surface area contributed by atoms with E-state index in [2.05, 4.69) is 81.6 Å². The summed E-state index contributed by atoms with van der Waals surface area (Å²) in [7, 11) is -0.519. The van der Waals surface area contributed by atoms with Gasteiger partial charge in [-0.05, 0) is 64.9 Å². The summed E-state index contributed by atoms with van der Waals surface area (Å²) in [6.45, 7) is 0. The molecule has 1 aromatic heterocycles. The summed E-state index contributed by atoms with van der Waals surface area (Å²) in [6.07, 6.45) is 12.2. The van der Waals surface area contributed by atoms with Crippen molar-refractivity contribution >= 4 is 34.5 Å². The van der Waals surface area contributed by atoms with Crippen LogP contribution in [0.3, 0.4) is 0 Å². The molecular formula is C30H39BrFeNOP. The Kier molecular flexibility index (Phi) is 15.2. The van der Waals surface area contributed by atoms with Crippen molar-refractivity contribution in [3.63, 3.8) is 0 Å². The van der Waals surface area contributed by atoms with Gasteiger partial charge >= 0.3 is 17.1 Å². The van der Waals surface area contributed by atoms with Crippen molar-refractivity contribution in [1.82, 2.24) is 4.98 Å². The minimum Gasteiger partial charge on any atom is -0.388 e. The molecule has 2 unspecified atom stereocenters. The normalized spacial score (nSPS) is 19.4. The van der Waals surface area contributed by atoms with Crippen LogP contribution in [0.5, 0.6) is 0 Å². The Labute approximate surface area is 233 Å². The SMILES string of the molecule is C1CCCC1.O[C@H](c1cccnc1Br)C1CCCC1P(c1ccccc1)c1ccccc1.[CH3-].[CH3-].[Fe+2]. The molecule has 2 aliphatic rings. The molecule has 1 heterocycles. The number of benzene rings is 2. The first kappa shape index (κ1) is 32.0. The smallest absolute Gasteiger partial charge is 0.388 e. The van der Waals surface area contributed by atoms with Crippen LogP contribution in [0.15, 0.2) is 83.6 Å². The molecule has 2 fully saturated rings. The molecule has 0 spiro atoms. The first-order valence-corrected chi connectivity index (χ1v) is 14.1. The Morgan fingerprint density at radius 3 is 1.74 bits per heavy atom. The number of rotatable bonds is 5. The molecule has 3 atom stereocenters. The van der Waals surface area contributed by atoms with Crippen LogP contribution >= 0.6 is 23.9 Å². The Morgan fingerprint density at radius 1 is 0.743 bits per heavy atom. The summed E-state index contributed by atoms with van der Waals surface area (Å²) >= 11 is 3.52. The first-order valence-electron chi connectivity index (χ1n) is 11.9. The monoisotopic (exact) mass is 595 g/mol. The number of hydrogen-bond acceptors (Lipinski definition) is 2. The quantitative estimate of drug-likeness (QED) is 0.140. The molecule has 0 saturated heterocycles. The third kappa shape index (κ3) is 8.51. The van der Waals surface area contributed by atoms with Crippen LogP contribution in [0, 0.1) is 20.8 Å². The molecule has 0 amide bonds. The standard InChI is InChI=1S/C23H23BrNOP.C5H10.2CH3.Fe/c24-23-20(14-8-16-25-23)22(26)19-13-7-15-21(19)27(17-9-3-1-4-10-17)18-11-5-2-6-12-18;1-2-4-5-3-1;;;/h1-6,8-12,14,16,19,21-22,26H,7,13,15H2;1-5H2;2*1H3;/q;;2*-1;+2/t19?,21?,22-;;;;/m0..../s1. The predicted molar refractivity (Wildman–Crippen MR) is 153 cm³/mol. The maximum Gasteiger partial charge on any atom is 2.00 e. The summed E-state index contributed by atoms with van der Waals surface area (Å²) in [6, 6.07) is 25.6. The zero-order valence-electron chi connectivity index (χ0n) is 21.0. The number of aliphatic hydroxyl groups excluding tert-OH is 1. The van der Waals surface area contributed by atoms with Crippen molar-refractivity contribution in [2.75, 3.05) is 0 Å².